The lowest BCUT2D eigenvalue weighted by atomic mass is 10.0. The number of ketones is 1. The molecule has 1 aromatic carbocycles. The lowest BCUT2D eigenvalue weighted by molar-refractivity contribution is -0.133. The number of fused-ring (bicyclic) bond motifs is 7. The molecule has 2 heterocycles. The molecule has 10 heteroatoms. The van der Waals surface area contributed by atoms with Crippen LogP contribution in [0.5, 0.6) is 0 Å². The van der Waals surface area contributed by atoms with Gasteiger partial charge in [-0.2, -0.15) is 0 Å². The van der Waals surface area contributed by atoms with Crippen molar-refractivity contribution in [2.24, 2.45) is 0 Å². The van der Waals surface area contributed by atoms with Crippen LogP contribution in [0.3, 0.4) is 0 Å². The second-order valence-electron chi connectivity index (χ2n) is 8.53. The second-order valence-corrected chi connectivity index (χ2v) is 11.2. The van der Waals surface area contributed by atoms with Crippen LogP contribution in [-0.2, 0) is 30.3 Å². The number of carbonyl (C=O) groups is 4. The molecule has 3 atom stereocenters. The van der Waals surface area contributed by atoms with E-state index in [0.717, 1.165) is 17.7 Å². The number of hydrogen-bond acceptors (Lipinski definition) is 7. The van der Waals surface area contributed by atoms with Gasteiger partial charge < -0.3 is 20.7 Å². The van der Waals surface area contributed by atoms with Gasteiger partial charge >= 0.3 is 0 Å². The molecule has 190 valence electrons. The van der Waals surface area contributed by atoms with Gasteiger partial charge in [0, 0.05) is 30.9 Å². The van der Waals surface area contributed by atoms with E-state index in [1.165, 1.54) is 10.8 Å². The summed E-state index contributed by atoms with van der Waals surface area (Å²) in [6.07, 6.45) is 5.88. The Kier molecular flexibility index (Phi) is 11.7. The summed E-state index contributed by atoms with van der Waals surface area (Å²) in [6.45, 7) is 0.349. The molecule has 0 aromatic heterocycles. The zero-order valence-corrected chi connectivity index (χ0v) is 21.3. The van der Waals surface area contributed by atoms with E-state index >= 15 is 0 Å². The number of allylic oxidation sites excluding steroid dienone is 1. The number of hydrogen-bond donors (Lipinski definition) is 3. The first kappa shape index (κ1) is 27.3. The van der Waals surface area contributed by atoms with Gasteiger partial charge in [-0.1, -0.05) is 64.1 Å². The first-order valence-electron chi connectivity index (χ1n) is 12.0. The molecule has 0 saturated carbocycles. The Balaban J connectivity index is 1.87. The Morgan fingerprint density at radius 1 is 0.971 bits per heavy atom. The first-order chi connectivity index (χ1) is 17.0. The number of amides is 3. The van der Waals surface area contributed by atoms with Crippen LogP contribution in [-0.4, -0.2) is 66.3 Å². The zero-order valence-electron chi connectivity index (χ0n) is 19.7. The van der Waals surface area contributed by atoms with Crippen molar-refractivity contribution in [3.8, 4) is 0 Å². The van der Waals surface area contributed by atoms with E-state index in [-0.39, 0.29) is 37.0 Å². The van der Waals surface area contributed by atoms with Crippen molar-refractivity contribution < 1.29 is 23.9 Å². The summed E-state index contributed by atoms with van der Waals surface area (Å²) in [5.41, 5.74) is 0.890. The molecule has 0 spiro atoms. The van der Waals surface area contributed by atoms with E-state index in [4.69, 9.17) is 4.74 Å². The third kappa shape index (κ3) is 10.1. The van der Waals surface area contributed by atoms with Gasteiger partial charge in [0.2, 0.25) is 17.7 Å². The molecule has 2 aliphatic heterocycles. The minimum atomic E-state index is -0.857. The van der Waals surface area contributed by atoms with Crippen molar-refractivity contribution in [2.75, 3.05) is 24.7 Å². The lowest BCUT2D eigenvalue weighted by Gasteiger charge is -2.23. The monoisotopic (exact) mass is 519 g/mol. The van der Waals surface area contributed by atoms with Crippen LogP contribution in [0.15, 0.2) is 42.5 Å². The van der Waals surface area contributed by atoms with Crippen LogP contribution in [0, 0.1) is 0 Å². The molecule has 0 aliphatic carbocycles. The molecular weight excluding hydrogens is 486 g/mol. The predicted molar refractivity (Wildman–Crippen MR) is 139 cm³/mol. The van der Waals surface area contributed by atoms with Crippen LogP contribution < -0.4 is 16.0 Å². The normalized spacial score (nSPS) is 27.0. The standard InChI is InChI=1S/C25H33N3O5S2/c29-19-10-4-6-12-26-24(31)22-17-35-34-13-7-5-11-20(33-16-19)15-23(30)27-21(25(32)28-22)14-18-8-2-1-3-9-18/h1-3,5,8-9,11,20-22H,4,6-7,10,12-17H2,(H,26,31)(H,27,30)(H,28,32)/b11-5+/t20-,21+,22-/m0/s1. The Bertz CT molecular complexity index is 896. The second kappa shape index (κ2) is 15.0. The van der Waals surface area contributed by atoms with E-state index in [1.54, 1.807) is 10.8 Å². The van der Waals surface area contributed by atoms with Crippen LogP contribution in [0.2, 0.25) is 0 Å². The maximum absolute atomic E-state index is 13.3. The average molecular weight is 520 g/mol. The highest BCUT2D eigenvalue weighted by atomic mass is 33.1. The summed E-state index contributed by atoms with van der Waals surface area (Å²) in [6, 6.07) is 7.82. The van der Waals surface area contributed by atoms with E-state index < -0.39 is 24.1 Å². The molecule has 0 unspecified atom stereocenters. The van der Waals surface area contributed by atoms with Gasteiger partial charge in [-0.05, 0) is 24.8 Å². The van der Waals surface area contributed by atoms with Gasteiger partial charge in [0.15, 0.2) is 5.78 Å². The van der Waals surface area contributed by atoms with Crippen molar-refractivity contribution in [3.05, 3.63) is 48.0 Å². The highest BCUT2D eigenvalue weighted by Gasteiger charge is 2.28. The van der Waals surface area contributed by atoms with Crippen molar-refractivity contribution in [1.29, 1.82) is 0 Å². The van der Waals surface area contributed by atoms with Gasteiger partial charge in [0.05, 0.1) is 12.5 Å². The molecule has 2 aliphatic rings. The molecular formula is C25H33N3O5S2. The van der Waals surface area contributed by atoms with Gasteiger partial charge in [-0.15, -0.1) is 0 Å². The molecule has 2 bridgehead atoms. The maximum atomic E-state index is 13.3. The molecule has 0 radical (unpaired) electrons. The number of Topliss-reactive ketones (excluding diaryl/α,β-unsaturated/α-hetero) is 1. The molecule has 35 heavy (non-hydrogen) atoms. The summed E-state index contributed by atoms with van der Waals surface area (Å²) < 4.78 is 5.78. The molecule has 1 fully saturated rings. The lowest BCUT2D eigenvalue weighted by Crippen LogP contribution is -2.55. The topological polar surface area (TPSA) is 114 Å². The SMILES string of the molecule is O=C1CCCCNC(=O)[C@@H]2CSSCC/C=C/[C@@H](CC(=O)N[C@H](Cc3ccccc3)C(=O)N2)OC1. The average Bonchev–Trinajstić information content (AvgIpc) is 2.84. The minimum absolute atomic E-state index is 0.00580. The maximum Gasteiger partial charge on any atom is 0.243 e. The molecule has 3 rings (SSSR count). The van der Waals surface area contributed by atoms with Crippen molar-refractivity contribution in [2.45, 2.75) is 56.7 Å². The molecule has 1 aromatic rings. The fourth-order valence-corrected chi connectivity index (χ4v) is 5.88. The summed E-state index contributed by atoms with van der Waals surface area (Å²) >= 11 is 0. The van der Waals surface area contributed by atoms with E-state index in [1.807, 2.05) is 42.5 Å². The van der Waals surface area contributed by atoms with Gasteiger partial charge in [-0.3, -0.25) is 19.2 Å². The zero-order chi connectivity index (χ0) is 24.9. The number of benzene rings is 1. The molecule has 1 saturated heterocycles. The minimum Gasteiger partial charge on any atom is -0.366 e. The summed E-state index contributed by atoms with van der Waals surface area (Å²) in [4.78, 5) is 51.4. The predicted octanol–water partition coefficient (Wildman–Crippen LogP) is 2.18. The van der Waals surface area contributed by atoms with E-state index in [0.29, 0.717) is 31.6 Å². The van der Waals surface area contributed by atoms with Crippen molar-refractivity contribution >= 4 is 45.1 Å². The summed E-state index contributed by atoms with van der Waals surface area (Å²) in [5, 5.41) is 8.57. The van der Waals surface area contributed by atoms with Crippen molar-refractivity contribution in [3.63, 3.8) is 0 Å². The largest absolute Gasteiger partial charge is 0.366 e. The van der Waals surface area contributed by atoms with Gasteiger partial charge in [0.25, 0.3) is 0 Å². The molecule has 3 amide bonds. The van der Waals surface area contributed by atoms with Crippen LogP contribution in [0.1, 0.15) is 37.7 Å². The first-order valence-corrected chi connectivity index (χ1v) is 14.5. The number of ether oxygens (including phenoxy) is 1. The van der Waals surface area contributed by atoms with Gasteiger partial charge in [0.1, 0.15) is 18.7 Å². The fraction of sp³-hybridized carbons (Fsp3) is 0.520. The third-order valence-electron chi connectivity index (χ3n) is 5.63. The number of carbonyl (C=O) groups excluding carboxylic acids is 4. The summed E-state index contributed by atoms with van der Waals surface area (Å²) in [7, 11) is 3.16. The van der Waals surface area contributed by atoms with Crippen LogP contribution in [0.4, 0.5) is 0 Å². The molecule has 3 N–H and O–H groups in total. The Morgan fingerprint density at radius 2 is 1.80 bits per heavy atom. The Morgan fingerprint density at radius 3 is 2.63 bits per heavy atom. The summed E-state index contributed by atoms with van der Waals surface area (Å²) in [5.74, 6) is 0.145. The van der Waals surface area contributed by atoms with Crippen molar-refractivity contribution in [1.82, 2.24) is 16.0 Å². The molecule has 8 nitrogen and oxygen atoms in total. The van der Waals surface area contributed by atoms with Crippen LogP contribution >= 0.6 is 21.6 Å². The van der Waals surface area contributed by atoms with E-state index in [9.17, 15) is 19.2 Å². The highest BCUT2D eigenvalue weighted by Crippen LogP contribution is 2.23. The number of nitrogens with one attached hydrogen (secondary N) is 3. The Labute approximate surface area is 214 Å². The fourth-order valence-electron chi connectivity index (χ4n) is 3.73. The van der Waals surface area contributed by atoms with E-state index in [2.05, 4.69) is 16.0 Å². The third-order valence-corrected chi connectivity index (χ3v) is 8.08. The number of rotatable bonds is 2. The van der Waals surface area contributed by atoms with Gasteiger partial charge in [-0.25, -0.2) is 0 Å². The highest BCUT2D eigenvalue weighted by molar-refractivity contribution is 8.76. The van der Waals surface area contributed by atoms with Crippen LogP contribution in [0.25, 0.3) is 0 Å². The smallest absolute Gasteiger partial charge is 0.243 e. The quantitative estimate of drug-likeness (QED) is 0.405. The Hall–Kier alpha value is -2.30.